The van der Waals surface area contributed by atoms with Crippen molar-refractivity contribution in [3.63, 3.8) is 0 Å². The normalized spacial score (nSPS) is 10.2. The molecule has 4 N–H and O–H groups in total. The Morgan fingerprint density at radius 1 is 0.935 bits per heavy atom. The second-order valence-electron chi connectivity index (χ2n) is 6.43. The number of para-hydroxylation sites is 1. The van der Waals surface area contributed by atoms with E-state index in [0.717, 1.165) is 11.3 Å². The Bertz CT molecular complexity index is 1110. The molecule has 0 radical (unpaired) electrons. The van der Waals surface area contributed by atoms with Crippen molar-refractivity contribution in [2.75, 3.05) is 28.4 Å². The van der Waals surface area contributed by atoms with Crippen LogP contribution in [0.25, 0.3) is 0 Å². The Labute approximate surface area is 182 Å². The van der Waals surface area contributed by atoms with Gasteiger partial charge in [-0.05, 0) is 37.3 Å². The topological polar surface area (TPSA) is 121 Å². The van der Waals surface area contributed by atoms with Crippen LogP contribution in [0.15, 0.2) is 48.5 Å². The first-order valence-corrected chi connectivity index (χ1v) is 10.0. The number of carbonyl (C=O) groups is 3. The van der Waals surface area contributed by atoms with E-state index in [1.165, 1.54) is 14.0 Å². The van der Waals surface area contributed by atoms with Gasteiger partial charge in [-0.2, -0.15) is 0 Å². The van der Waals surface area contributed by atoms with E-state index in [0.29, 0.717) is 33.4 Å². The van der Waals surface area contributed by atoms with Crippen LogP contribution in [0, 0.1) is 6.92 Å². The predicted octanol–water partition coefficient (Wildman–Crippen LogP) is 4.31. The standard InChI is InChI=1S/C21H21N5O4S/c1-12-18(31-21(22-12)26-20(29)24-14-7-5-4-6-8-14)19(28)25-16-11-15(23-13(2)27)9-10-17(16)30-3/h4-11H,1-3H3,(H,23,27)(H,25,28)(H2,22,24,26,29). The molecule has 0 fully saturated rings. The first-order valence-electron chi connectivity index (χ1n) is 9.23. The van der Waals surface area contributed by atoms with Crippen molar-refractivity contribution in [1.82, 2.24) is 4.98 Å². The van der Waals surface area contributed by atoms with E-state index in [9.17, 15) is 14.4 Å². The molecule has 0 saturated carbocycles. The molecule has 160 valence electrons. The number of urea groups is 1. The number of carbonyl (C=O) groups excluding carboxylic acids is 3. The molecule has 0 spiro atoms. The van der Waals surface area contributed by atoms with Gasteiger partial charge in [0.15, 0.2) is 5.13 Å². The first-order chi connectivity index (χ1) is 14.9. The molecular weight excluding hydrogens is 418 g/mol. The third kappa shape index (κ3) is 5.80. The highest BCUT2D eigenvalue weighted by atomic mass is 32.1. The Hall–Kier alpha value is -3.92. The Morgan fingerprint density at radius 3 is 2.35 bits per heavy atom. The molecule has 4 amide bonds. The monoisotopic (exact) mass is 439 g/mol. The Balaban J connectivity index is 1.72. The molecule has 0 bridgehead atoms. The lowest BCUT2D eigenvalue weighted by molar-refractivity contribution is -0.114. The second kappa shape index (κ2) is 9.72. The predicted molar refractivity (Wildman–Crippen MR) is 121 cm³/mol. The third-order valence-corrected chi connectivity index (χ3v) is 5.09. The first kappa shape index (κ1) is 21.8. The van der Waals surface area contributed by atoms with Gasteiger partial charge in [0.05, 0.1) is 18.5 Å². The molecule has 3 aromatic rings. The summed E-state index contributed by atoms with van der Waals surface area (Å²) in [4.78, 5) is 40.9. The van der Waals surface area contributed by atoms with E-state index < -0.39 is 11.9 Å². The molecule has 2 aromatic carbocycles. The zero-order valence-electron chi connectivity index (χ0n) is 17.1. The van der Waals surface area contributed by atoms with Gasteiger partial charge in [-0.1, -0.05) is 29.5 Å². The quantitative estimate of drug-likeness (QED) is 0.456. The average Bonchev–Trinajstić information content (AvgIpc) is 3.08. The van der Waals surface area contributed by atoms with E-state index in [4.69, 9.17) is 4.74 Å². The zero-order chi connectivity index (χ0) is 22.4. The third-order valence-electron chi connectivity index (χ3n) is 4.02. The van der Waals surface area contributed by atoms with Crippen molar-refractivity contribution in [1.29, 1.82) is 0 Å². The van der Waals surface area contributed by atoms with Crippen molar-refractivity contribution < 1.29 is 19.1 Å². The average molecular weight is 439 g/mol. The van der Waals surface area contributed by atoms with Crippen molar-refractivity contribution in [3.05, 3.63) is 59.1 Å². The van der Waals surface area contributed by atoms with Crippen LogP contribution in [0.2, 0.25) is 0 Å². The largest absolute Gasteiger partial charge is 0.495 e. The number of rotatable bonds is 6. The number of aromatic nitrogens is 1. The van der Waals surface area contributed by atoms with E-state index in [1.807, 2.05) is 6.07 Å². The maximum atomic E-state index is 12.8. The Morgan fingerprint density at radius 2 is 1.68 bits per heavy atom. The number of ether oxygens (including phenoxy) is 1. The molecule has 0 aliphatic carbocycles. The SMILES string of the molecule is COc1ccc(NC(C)=O)cc1NC(=O)c1sc(NC(=O)Nc2ccccc2)nc1C. The fourth-order valence-electron chi connectivity index (χ4n) is 2.71. The summed E-state index contributed by atoms with van der Waals surface area (Å²) >= 11 is 1.05. The minimum Gasteiger partial charge on any atom is -0.495 e. The number of nitrogens with one attached hydrogen (secondary N) is 4. The lowest BCUT2D eigenvalue weighted by Crippen LogP contribution is -2.19. The molecular formula is C21H21N5O4S. The fraction of sp³-hybridized carbons (Fsp3) is 0.143. The molecule has 0 unspecified atom stereocenters. The van der Waals surface area contributed by atoms with Gasteiger partial charge < -0.3 is 20.7 Å². The summed E-state index contributed by atoms with van der Waals surface area (Å²) in [6.45, 7) is 3.07. The van der Waals surface area contributed by atoms with Gasteiger partial charge >= 0.3 is 6.03 Å². The molecule has 31 heavy (non-hydrogen) atoms. The van der Waals surface area contributed by atoms with Crippen LogP contribution in [-0.4, -0.2) is 29.9 Å². The van der Waals surface area contributed by atoms with Crippen LogP contribution in [-0.2, 0) is 4.79 Å². The van der Waals surface area contributed by atoms with Crippen LogP contribution < -0.4 is 26.0 Å². The second-order valence-corrected chi connectivity index (χ2v) is 7.43. The van der Waals surface area contributed by atoms with E-state index in [2.05, 4.69) is 26.3 Å². The highest BCUT2D eigenvalue weighted by molar-refractivity contribution is 7.17. The molecule has 0 saturated heterocycles. The molecule has 0 aliphatic rings. The number of thiazole rings is 1. The number of aryl methyl sites for hydroxylation is 1. The van der Waals surface area contributed by atoms with Gasteiger partial charge in [-0.15, -0.1) is 0 Å². The van der Waals surface area contributed by atoms with Crippen LogP contribution >= 0.6 is 11.3 Å². The molecule has 0 aliphatic heterocycles. The molecule has 10 heteroatoms. The van der Waals surface area contributed by atoms with Crippen LogP contribution in [0.4, 0.5) is 27.0 Å². The maximum absolute atomic E-state index is 12.8. The summed E-state index contributed by atoms with van der Waals surface area (Å²) in [6, 6.07) is 13.4. The van der Waals surface area contributed by atoms with Gasteiger partial charge in [0, 0.05) is 18.3 Å². The maximum Gasteiger partial charge on any atom is 0.325 e. The van der Waals surface area contributed by atoms with Gasteiger partial charge in [0.25, 0.3) is 5.91 Å². The van der Waals surface area contributed by atoms with E-state index in [-0.39, 0.29) is 11.0 Å². The van der Waals surface area contributed by atoms with E-state index >= 15 is 0 Å². The van der Waals surface area contributed by atoms with Crippen molar-refractivity contribution in [2.45, 2.75) is 13.8 Å². The summed E-state index contributed by atoms with van der Waals surface area (Å²) in [7, 11) is 1.48. The lowest BCUT2D eigenvalue weighted by atomic mass is 10.2. The zero-order valence-corrected chi connectivity index (χ0v) is 17.9. The fourth-order valence-corrected chi connectivity index (χ4v) is 3.56. The summed E-state index contributed by atoms with van der Waals surface area (Å²) < 4.78 is 5.28. The summed E-state index contributed by atoms with van der Waals surface area (Å²) in [6.07, 6.45) is 0. The molecule has 1 heterocycles. The van der Waals surface area contributed by atoms with Gasteiger partial charge in [-0.3, -0.25) is 14.9 Å². The highest BCUT2D eigenvalue weighted by Gasteiger charge is 2.18. The van der Waals surface area contributed by atoms with Crippen molar-refractivity contribution >= 4 is 51.4 Å². The number of amides is 4. The van der Waals surface area contributed by atoms with Crippen LogP contribution in [0.1, 0.15) is 22.3 Å². The van der Waals surface area contributed by atoms with Gasteiger partial charge in [-0.25, -0.2) is 9.78 Å². The molecule has 9 nitrogen and oxygen atoms in total. The number of hydrogen-bond acceptors (Lipinski definition) is 6. The minimum absolute atomic E-state index is 0.231. The molecule has 1 aromatic heterocycles. The van der Waals surface area contributed by atoms with Gasteiger partial charge in [0.2, 0.25) is 5.91 Å². The smallest absolute Gasteiger partial charge is 0.325 e. The number of anilines is 4. The summed E-state index contributed by atoms with van der Waals surface area (Å²) in [5, 5.41) is 11.0. The Kier molecular flexibility index (Phi) is 6.83. The summed E-state index contributed by atoms with van der Waals surface area (Å²) in [5.74, 6) is -0.208. The summed E-state index contributed by atoms with van der Waals surface area (Å²) in [5.41, 5.74) is 2.01. The van der Waals surface area contributed by atoms with Crippen molar-refractivity contribution in [3.8, 4) is 5.75 Å². The van der Waals surface area contributed by atoms with Gasteiger partial charge in [0.1, 0.15) is 10.6 Å². The number of methoxy groups -OCH3 is 1. The van der Waals surface area contributed by atoms with Crippen molar-refractivity contribution in [2.24, 2.45) is 0 Å². The number of nitrogens with zero attached hydrogens (tertiary/aromatic N) is 1. The molecule has 3 rings (SSSR count). The van der Waals surface area contributed by atoms with Crippen LogP contribution in [0.3, 0.4) is 0 Å². The van der Waals surface area contributed by atoms with E-state index in [1.54, 1.807) is 49.4 Å². The minimum atomic E-state index is -0.461. The lowest BCUT2D eigenvalue weighted by Gasteiger charge is -2.12. The van der Waals surface area contributed by atoms with Crippen LogP contribution in [0.5, 0.6) is 5.75 Å². The highest BCUT2D eigenvalue weighted by Crippen LogP contribution is 2.30. The number of hydrogen-bond donors (Lipinski definition) is 4. The molecule has 0 atom stereocenters. The number of benzene rings is 2.